The third-order valence-corrected chi connectivity index (χ3v) is 3.37. The molecule has 0 aliphatic rings. The van der Waals surface area contributed by atoms with E-state index in [0.29, 0.717) is 4.88 Å². The van der Waals surface area contributed by atoms with Crippen LogP contribution in [0.15, 0.2) is 35.7 Å². The van der Waals surface area contributed by atoms with Crippen LogP contribution in [-0.4, -0.2) is 5.91 Å². The zero-order valence-corrected chi connectivity index (χ0v) is 9.17. The standard InChI is InChI=1S/C12H11NOS/c1-8-7-15-11(12(13)14)10(8)9-5-3-2-4-6-9/h2-7H,1H3,(H2,13,14). The molecule has 0 bridgehead atoms. The molecular weight excluding hydrogens is 206 g/mol. The molecule has 1 aromatic heterocycles. The Balaban J connectivity index is 2.62. The Hall–Kier alpha value is -1.61. The summed E-state index contributed by atoms with van der Waals surface area (Å²) in [5, 5.41) is 1.96. The van der Waals surface area contributed by atoms with Crippen molar-refractivity contribution in [2.45, 2.75) is 6.92 Å². The van der Waals surface area contributed by atoms with Gasteiger partial charge >= 0.3 is 0 Å². The van der Waals surface area contributed by atoms with E-state index in [1.165, 1.54) is 11.3 Å². The molecule has 0 saturated heterocycles. The second-order valence-corrected chi connectivity index (χ2v) is 4.23. The van der Waals surface area contributed by atoms with Gasteiger partial charge in [-0.2, -0.15) is 0 Å². The fourth-order valence-corrected chi connectivity index (χ4v) is 2.51. The monoisotopic (exact) mass is 217 g/mol. The van der Waals surface area contributed by atoms with Crippen LogP contribution >= 0.6 is 11.3 Å². The van der Waals surface area contributed by atoms with E-state index in [1.807, 2.05) is 42.6 Å². The Morgan fingerprint density at radius 3 is 2.53 bits per heavy atom. The third kappa shape index (κ3) is 1.78. The van der Waals surface area contributed by atoms with Crippen LogP contribution in [0.1, 0.15) is 15.2 Å². The van der Waals surface area contributed by atoms with Gasteiger partial charge in [-0.05, 0) is 23.4 Å². The molecule has 2 aromatic rings. The first-order valence-electron chi connectivity index (χ1n) is 4.63. The molecule has 15 heavy (non-hydrogen) atoms. The van der Waals surface area contributed by atoms with Gasteiger partial charge in [0.1, 0.15) is 0 Å². The zero-order valence-electron chi connectivity index (χ0n) is 8.36. The molecule has 1 heterocycles. The van der Waals surface area contributed by atoms with E-state index in [9.17, 15) is 4.79 Å². The maximum absolute atomic E-state index is 11.2. The highest BCUT2D eigenvalue weighted by Crippen LogP contribution is 2.31. The highest BCUT2D eigenvalue weighted by atomic mass is 32.1. The van der Waals surface area contributed by atoms with E-state index < -0.39 is 0 Å². The van der Waals surface area contributed by atoms with Crippen LogP contribution in [0.4, 0.5) is 0 Å². The van der Waals surface area contributed by atoms with E-state index in [4.69, 9.17) is 5.73 Å². The van der Waals surface area contributed by atoms with Crippen LogP contribution in [0, 0.1) is 6.92 Å². The Kier molecular flexibility index (Phi) is 2.56. The molecule has 0 aliphatic carbocycles. The first-order chi connectivity index (χ1) is 7.20. The largest absolute Gasteiger partial charge is 0.365 e. The number of hydrogen-bond donors (Lipinski definition) is 1. The maximum atomic E-state index is 11.2. The molecule has 0 saturated carbocycles. The third-order valence-electron chi connectivity index (χ3n) is 2.26. The number of amides is 1. The van der Waals surface area contributed by atoms with Gasteiger partial charge in [0, 0.05) is 5.56 Å². The van der Waals surface area contributed by atoms with E-state index in [1.54, 1.807) is 0 Å². The van der Waals surface area contributed by atoms with Gasteiger partial charge in [0.2, 0.25) is 0 Å². The fourth-order valence-electron chi connectivity index (χ4n) is 1.59. The first kappa shape index (κ1) is 9.93. The number of aryl methyl sites for hydroxylation is 1. The summed E-state index contributed by atoms with van der Waals surface area (Å²) in [6.07, 6.45) is 0. The molecule has 1 amide bonds. The molecule has 0 radical (unpaired) electrons. The summed E-state index contributed by atoms with van der Waals surface area (Å²) < 4.78 is 0. The summed E-state index contributed by atoms with van der Waals surface area (Å²) in [4.78, 5) is 11.9. The summed E-state index contributed by atoms with van der Waals surface area (Å²) in [6, 6.07) is 9.84. The van der Waals surface area contributed by atoms with Crippen molar-refractivity contribution in [1.82, 2.24) is 0 Å². The van der Waals surface area contributed by atoms with E-state index >= 15 is 0 Å². The van der Waals surface area contributed by atoms with Crippen molar-refractivity contribution < 1.29 is 4.79 Å². The molecule has 0 atom stereocenters. The van der Waals surface area contributed by atoms with E-state index in [-0.39, 0.29) is 5.91 Å². The lowest BCUT2D eigenvalue weighted by Crippen LogP contribution is -2.10. The highest BCUT2D eigenvalue weighted by Gasteiger charge is 2.14. The van der Waals surface area contributed by atoms with Gasteiger partial charge in [-0.15, -0.1) is 11.3 Å². The number of nitrogens with two attached hydrogens (primary N) is 1. The molecular formula is C12H11NOS. The molecule has 2 rings (SSSR count). The number of thiophene rings is 1. The van der Waals surface area contributed by atoms with Gasteiger partial charge in [0.25, 0.3) is 5.91 Å². The number of carbonyl (C=O) groups excluding carboxylic acids is 1. The lowest BCUT2D eigenvalue weighted by Gasteiger charge is -2.02. The summed E-state index contributed by atoms with van der Waals surface area (Å²) in [7, 11) is 0. The zero-order chi connectivity index (χ0) is 10.8. The molecule has 1 aromatic carbocycles. The van der Waals surface area contributed by atoms with Gasteiger partial charge in [-0.1, -0.05) is 30.3 Å². The predicted molar refractivity (Wildman–Crippen MR) is 63.0 cm³/mol. The number of carbonyl (C=O) groups is 1. The quantitative estimate of drug-likeness (QED) is 0.825. The first-order valence-corrected chi connectivity index (χ1v) is 5.51. The Morgan fingerprint density at radius 1 is 1.27 bits per heavy atom. The van der Waals surface area contributed by atoms with Crippen LogP contribution < -0.4 is 5.73 Å². The van der Waals surface area contributed by atoms with Crippen LogP contribution in [-0.2, 0) is 0 Å². The van der Waals surface area contributed by atoms with Crippen molar-refractivity contribution in [2.24, 2.45) is 5.73 Å². The smallest absolute Gasteiger partial charge is 0.259 e. The molecule has 2 N–H and O–H groups in total. The lowest BCUT2D eigenvalue weighted by molar-refractivity contribution is 0.100. The van der Waals surface area contributed by atoms with Gasteiger partial charge < -0.3 is 5.73 Å². The van der Waals surface area contributed by atoms with Crippen molar-refractivity contribution >= 4 is 17.2 Å². The van der Waals surface area contributed by atoms with Crippen molar-refractivity contribution in [2.75, 3.05) is 0 Å². The van der Waals surface area contributed by atoms with Gasteiger partial charge in [0.05, 0.1) is 4.88 Å². The molecule has 3 heteroatoms. The number of primary amides is 1. The average Bonchev–Trinajstić information content (AvgIpc) is 2.61. The molecule has 2 nitrogen and oxygen atoms in total. The van der Waals surface area contributed by atoms with Crippen LogP contribution in [0.25, 0.3) is 11.1 Å². The highest BCUT2D eigenvalue weighted by molar-refractivity contribution is 7.12. The molecule has 0 aliphatic heterocycles. The molecule has 0 spiro atoms. The van der Waals surface area contributed by atoms with Crippen LogP contribution in [0.2, 0.25) is 0 Å². The maximum Gasteiger partial charge on any atom is 0.259 e. The summed E-state index contributed by atoms with van der Waals surface area (Å²) in [5.41, 5.74) is 8.45. The normalized spacial score (nSPS) is 10.2. The second kappa shape index (κ2) is 3.87. The van der Waals surface area contributed by atoms with Gasteiger partial charge in [0.15, 0.2) is 0 Å². The SMILES string of the molecule is Cc1csc(C(N)=O)c1-c1ccccc1. The van der Waals surface area contributed by atoms with Gasteiger partial charge in [-0.25, -0.2) is 0 Å². The average molecular weight is 217 g/mol. The second-order valence-electron chi connectivity index (χ2n) is 3.35. The van der Waals surface area contributed by atoms with E-state index in [0.717, 1.165) is 16.7 Å². The summed E-state index contributed by atoms with van der Waals surface area (Å²) in [6.45, 7) is 1.99. The summed E-state index contributed by atoms with van der Waals surface area (Å²) >= 11 is 1.40. The Bertz CT molecular complexity index is 488. The Morgan fingerprint density at radius 2 is 1.93 bits per heavy atom. The molecule has 0 unspecified atom stereocenters. The van der Waals surface area contributed by atoms with Crippen molar-refractivity contribution in [3.8, 4) is 11.1 Å². The minimum Gasteiger partial charge on any atom is -0.365 e. The van der Waals surface area contributed by atoms with Gasteiger partial charge in [-0.3, -0.25) is 4.79 Å². The van der Waals surface area contributed by atoms with Crippen molar-refractivity contribution in [3.63, 3.8) is 0 Å². The van der Waals surface area contributed by atoms with Crippen molar-refractivity contribution in [3.05, 3.63) is 46.2 Å². The lowest BCUT2D eigenvalue weighted by atomic mass is 10.0. The van der Waals surface area contributed by atoms with Crippen LogP contribution in [0.3, 0.4) is 0 Å². The minimum atomic E-state index is -0.355. The Labute approximate surface area is 92.4 Å². The predicted octanol–water partition coefficient (Wildman–Crippen LogP) is 2.82. The molecule has 76 valence electrons. The van der Waals surface area contributed by atoms with Crippen LogP contribution in [0.5, 0.6) is 0 Å². The number of rotatable bonds is 2. The fraction of sp³-hybridized carbons (Fsp3) is 0.0833. The minimum absolute atomic E-state index is 0.355. The number of hydrogen-bond acceptors (Lipinski definition) is 2. The molecule has 0 fully saturated rings. The number of benzene rings is 1. The van der Waals surface area contributed by atoms with E-state index in [2.05, 4.69) is 0 Å². The topological polar surface area (TPSA) is 43.1 Å². The summed E-state index contributed by atoms with van der Waals surface area (Å²) in [5.74, 6) is -0.355. The van der Waals surface area contributed by atoms with Crippen molar-refractivity contribution in [1.29, 1.82) is 0 Å².